The van der Waals surface area contributed by atoms with Gasteiger partial charge in [-0.2, -0.15) is 0 Å². The molecule has 0 heterocycles. The number of carbonyl (C=O) groups excluding carboxylic acids is 2. The molecular weight excluding hydrogens is 311 g/mol. The topological polar surface area (TPSA) is 81.4 Å². The highest BCUT2D eigenvalue weighted by Gasteiger charge is 2.18. The molecule has 0 bridgehead atoms. The number of hydrogen-bond acceptors (Lipinski definition) is 3. The molecule has 126 valence electrons. The Labute approximate surface area is 139 Å². The van der Waals surface area contributed by atoms with Crippen molar-refractivity contribution in [3.05, 3.63) is 65.5 Å². The second-order valence-electron chi connectivity index (χ2n) is 5.43. The lowest BCUT2D eigenvalue weighted by Gasteiger charge is -2.19. The van der Waals surface area contributed by atoms with E-state index in [-0.39, 0.29) is 17.8 Å². The van der Waals surface area contributed by atoms with E-state index in [4.69, 9.17) is 10.5 Å². The number of benzene rings is 2. The molecule has 0 unspecified atom stereocenters. The number of rotatable bonds is 6. The van der Waals surface area contributed by atoms with Crippen LogP contribution in [0.5, 0.6) is 5.75 Å². The summed E-state index contributed by atoms with van der Waals surface area (Å²) in [5, 5.41) is 2.80. The highest BCUT2D eigenvalue weighted by molar-refractivity contribution is 5.92. The van der Waals surface area contributed by atoms with Gasteiger partial charge in [0.25, 0.3) is 5.91 Å². The van der Waals surface area contributed by atoms with Gasteiger partial charge in [-0.1, -0.05) is 12.1 Å². The van der Waals surface area contributed by atoms with Gasteiger partial charge in [0.1, 0.15) is 11.6 Å². The molecule has 0 aliphatic heterocycles. The molecule has 2 atom stereocenters. The first-order valence-electron chi connectivity index (χ1n) is 7.49. The Balaban J connectivity index is 1.93. The lowest BCUT2D eigenvalue weighted by Crippen LogP contribution is -2.37. The fourth-order valence-corrected chi connectivity index (χ4v) is 2.12. The quantitative estimate of drug-likeness (QED) is 0.854. The van der Waals surface area contributed by atoms with Gasteiger partial charge in [-0.25, -0.2) is 4.39 Å². The summed E-state index contributed by atoms with van der Waals surface area (Å²) in [6, 6.07) is 11.9. The molecule has 0 aliphatic rings. The number of halogens is 1. The van der Waals surface area contributed by atoms with Crippen molar-refractivity contribution in [2.75, 3.05) is 0 Å². The number of nitrogens with one attached hydrogen (secondary N) is 1. The number of carbonyl (C=O) groups is 2. The molecule has 24 heavy (non-hydrogen) atoms. The fraction of sp³-hybridized carbons (Fsp3) is 0.222. The standard InChI is InChI=1S/C18H19FN2O3/c1-11(13-3-7-15(19)8-4-13)21-18(23)12(2)24-16-9-5-14(6-10-16)17(20)22/h3-12H,1-2H3,(H2,20,22)(H,21,23)/t11-,12+/m1/s1. The molecule has 0 aromatic heterocycles. The smallest absolute Gasteiger partial charge is 0.261 e. The molecule has 0 fully saturated rings. The Morgan fingerprint density at radius 2 is 1.62 bits per heavy atom. The third-order valence-electron chi connectivity index (χ3n) is 3.55. The Morgan fingerprint density at radius 3 is 2.17 bits per heavy atom. The summed E-state index contributed by atoms with van der Waals surface area (Å²) in [5.41, 5.74) is 6.32. The fourth-order valence-electron chi connectivity index (χ4n) is 2.12. The molecule has 5 nitrogen and oxygen atoms in total. The summed E-state index contributed by atoms with van der Waals surface area (Å²) in [6.07, 6.45) is -0.729. The van der Waals surface area contributed by atoms with Crippen LogP contribution in [0.15, 0.2) is 48.5 Å². The van der Waals surface area contributed by atoms with E-state index in [9.17, 15) is 14.0 Å². The number of ether oxygens (including phenoxy) is 1. The number of primary amides is 1. The van der Waals surface area contributed by atoms with Crippen molar-refractivity contribution in [3.8, 4) is 5.75 Å². The summed E-state index contributed by atoms with van der Waals surface area (Å²) in [7, 11) is 0. The lowest BCUT2D eigenvalue weighted by atomic mass is 10.1. The van der Waals surface area contributed by atoms with Gasteiger partial charge >= 0.3 is 0 Å². The monoisotopic (exact) mass is 330 g/mol. The van der Waals surface area contributed by atoms with Crippen molar-refractivity contribution in [2.45, 2.75) is 26.0 Å². The molecular formula is C18H19FN2O3. The van der Waals surface area contributed by atoms with Crippen LogP contribution in [0.3, 0.4) is 0 Å². The Kier molecular flexibility index (Phi) is 5.52. The van der Waals surface area contributed by atoms with E-state index in [0.717, 1.165) is 5.56 Å². The first kappa shape index (κ1) is 17.5. The molecule has 0 spiro atoms. The number of nitrogens with two attached hydrogens (primary N) is 1. The molecule has 2 aromatic rings. The van der Waals surface area contributed by atoms with Gasteiger partial charge in [-0.3, -0.25) is 9.59 Å². The van der Waals surface area contributed by atoms with Crippen molar-refractivity contribution in [1.29, 1.82) is 0 Å². The second-order valence-corrected chi connectivity index (χ2v) is 5.43. The largest absolute Gasteiger partial charge is 0.481 e. The van der Waals surface area contributed by atoms with E-state index in [1.54, 1.807) is 38.1 Å². The Hall–Kier alpha value is -2.89. The number of amides is 2. The van der Waals surface area contributed by atoms with Crippen LogP contribution < -0.4 is 15.8 Å². The van der Waals surface area contributed by atoms with Crippen molar-refractivity contribution in [1.82, 2.24) is 5.32 Å². The first-order valence-corrected chi connectivity index (χ1v) is 7.49. The maximum atomic E-state index is 12.9. The van der Waals surface area contributed by atoms with Crippen LogP contribution in [0.4, 0.5) is 4.39 Å². The van der Waals surface area contributed by atoms with Crippen molar-refractivity contribution >= 4 is 11.8 Å². The van der Waals surface area contributed by atoms with E-state index in [0.29, 0.717) is 11.3 Å². The third-order valence-corrected chi connectivity index (χ3v) is 3.55. The van der Waals surface area contributed by atoms with Gasteiger partial charge in [0.05, 0.1) is 6.04 Å². The van der Waals surface area contributed by atoms with E-state index >= 15 is 0 Å². The maximum Gasteiger partial charge on any atom is 0.261 e. The summed E-state index contributed by atoms with van der Waals surface area (Å²) < 4.78 is 18.5. The Morgan fingerprint density at radius 1 is 1.04 bits per heavy atom. The van der Waals surface area contributed by atoms with Crippen LogP contribution in [0.25, 0.3) is 0 Å². The number of hydrogen-bond donors (Lipinski definition) is 2. The minimum Gasteiger partial charge on any atom is -0.481 e. The van der Waals surface area contributed by atoms with E-state index in [1.165, 1.54) is 24.3 Å². The lowest BCUT2D eigenvalue weighted by molar-refractivity contribution is -0.127. The maximum absolute atomic E-state index is 12.9. The molecule has 2 aromatic carbocycles. The van der Waals surface area contributed by atoms with Gasteiger partial charge in [0, 0.05) is 5.56 Å². The van der Waals surface area contributed by atoms with Crippen LogP contribution in [0.2, 0.25) is 0 Å². The van der Waals surface area contributed by atoms with Gasteiger partial charge in [0.15, 0.2) is 6.10 Å². The first-order chi connectivity index (χ1) is 11.4. The predicted octanol–water partition coefficient (Wildman–Crippen LogP) is 2.57. The average molecular weight is 330 g/mol. The molecule has 6 heteroatoms. The molecule has 3 N–H and O–H groups in total. The molecule has 2 rings (SSSR count). The van der Waals surface area contributed by atoms with Crippen LogP contribution in [0.1, 0.15) is 35.8 Å². The molecule has 0 radical (unpaired) electrons. The highest BCUT2D eigenvalue weighted by Crippen LogP contribution is 2.16. The zero-order valence-electron chi connectivity index (χ0n) is 13.5. The zero-order chi connectivity index (χ0) is 17.7. The minimum atomic E-state index is -0.729. The summed E-state index contributed by atoms with van der Waals surface area (Å²) in [6.45, 7) is 3.42. The SMILES string of the molecule is C[C@H](Oc1ccc(C(N)=O)cc1)C(=O)N[C@H](C)c1ccc(F)cc1. The van der Waals surface area contributed by atoms with Crippen LogP contribution >= 0.6 is 0 Å². The summed E-state index contributed by atoms with van der Waals surface area (Å²) in [4.78, 5) is 23.2. The van der Waals surface area contributed by atoms with E-state index in [1.807, 2.05) is 0 Å². The van der Waals surface area contributed by atoms with E-state index in [2.05, 4.69) is 5.32 Å². The predicted molar refractivity (Wildman–Crippen MR) is 88.0 cm³/mol. The van der Waals surface area contributed by atoms with Crippen LogP contribution in [-0.2, 0) is 4.79 Å². The van der Waals surface area contributed by atoms with Crippen LogP contribution in [-0.4, -0.2) is 17.9 Å². The molecule has 0 aliphatic carbocycles. The third kappa shape index (κ3) is 4.55. The van der Waals surface area contributed by atoms with E-state index < -0.39 is 12.0 Å². The van der Waals surface area contributed by atoms with Crippen molar-refractivity contribution < 1.29 is 18.7 Å². The highest BCUT2D eigenvalue weighted by atomic mass is 19.1. The second kappa shape index (κ2) is 7.59. The zero-order valence-corrected chi connectivity index (χ0v) is 13.5. The minimum absolute atomic E-state index is 0.276. The van der Waals surface area contributed by atoms with Gasteiger partial charge in [0.2, 0.25) is 5.91 Å². The van der Waals surface area contributed by atoms with Crippen molar-refractivity contribution in [2.24, 2.45) is 5.73 Å². The molecule has 0 saturated carbocycles. The Bertz CT molecular complexity index is 714. The molecule has 0 saturated heterocycles. The van der Waals surface area contributed by atoms with Gasteiger partial charge in [-0.05, 0) is 55.8 Å². The summed E-state index contributed by atoms with van der Waals surface area (Å²) in [5.74, 6) is -0.697. The van der Waals surface area contributed by atoms with Crippen LogP contribution in [0, 0.1) is 5.82 Å². The molecule has 2 amide bonds. The van der Waals surface area contributed by atoms with Gasteiger partial charge < -0.3 is 15.8 Å². The normalized spacial score (nSPS) is 13.0. The van der Waals surface area contributed by atoms with Crippen molar-refractivity contribution in [3.63, 3.8) is 0 Å². The van der Waals surface area contributed by atoms with Gasteiger partial charge in [-0.15, -0.1) is 0 Å². The average Bonchev–Trinajstić information content (AvgIpc) is 2.55. The summed E-state index contributed by atoms with van der Waals surface area (Å²) >= 11 is 0.